The van der Waals surface area contributed by atoms with E-state index >= 15 is 0 Å². The maximum Gasteiger partial charge on any atom is 0.307 e. The van der Waals surface area contributed by atoms with Crippen molar-refractivity contribution in [2.75, 3.05) is 65.7 Å². The lowest BCUT2D eigenvalue weighted by Gasteiger charge is -2.25. The number of carbonyl (C=O) groups excluding carboxylic acids is 3. The zero-order valence-electron chi connectivity index (χ0n) is 37.3. The molecule has 0 bridgehead atoms. The average Bonchev–Trinajstić information content (AvgIpc) is 3.19. The first-order valence-corrected chi connectivity index (χ1v) is 24.0. The van der Waals surface area contributed by atoms with Crippen LogP contribution >= 0.6 is 0 Å². The van der Waals surface area contributed by atoms with E-state index < -0.39 is 0 Å². The third-order valence-electron chi connectivity index (χ3n) is 10.8. The molecule has 0 spiro atoms. The minimum absolute atomic E-state index is 0.0206. The van der Waals surface area contributed by atoms with Crippen LogP contribution in [0.1, 0.15) is 220 Å². The van der Waals surface area contributed by atoms with Crippen LogP contribution in [-0.4, -0.2) is 98.5 Å². The van der Waals surface area contributed by atoms with Crippen molar-refractivity contribution in [2.45, 2.75) is 220 Å². The maximum atomic E-state index is 12.6. The van der Waals surface area contributed by atoms with Gasteiger partial charge in [0, 0.05) is 26.2 Å². The van der Waals surface area contributed by atoms with E-state index in [4.69, 9.17) is 14.2 Å². The number of esters is 3. The quantitative estimate of drug-likeness (QED) is 0.0366. The van der Waals surface area contributed by atoms with Crippen molar-refractivity contribution < 1.29 is 33.7 Å². The monoisotopic (exact) mass is 797 g/mol. The van der Waals surface area contributed by atoms with Crippen LogP contribution < -0.4 is 0 Å². The lowest BCUT2D eigenvalue weighted by atomic mass is 10.1. The third-order valence-corrected chi connectivity index (χ3v) is 10.8. The molecule has 0 aromatic carbocycles. The summed E-state index contributed by atoms with van der Waals surface area (Å²) in [7, 11) is 0. The number of rotatable bonds is 45. The van der Waals surface area contributed by atoms with E-state index in [2.05, 4.69) is 30.6 Å². The van der Waals surface area contributed by atoms with Crippen LogP contribution in [0.2, 0.25) is 0 Å². The molecule has 0 fully saturated rings. The van der Waals surface area contributed by atoms with E-state index in [1.165, 1.54) is 135 Å². The van der Waals surface area contributed by atoms with Crippen molar-refractivity contribution in [3.63, 3.8) is 0 Å². The van der Waals surface area contributed by atoms with Crippen molar-refractivity contribution in [3.8, 4) is 0 Å². The van der Waals surface area contributed by atoms with E-state index in [1.807, 2.05) is 0 Å². The van der Waals surface area contributed by atoms with Gasteiger partial charge in [-0.1, -0.05) is 175 Å². The Morgan fingerprint density at radius 1 is 0.339 bits per heavy atom. The molecule has 0 unspecified atom stereocenters. The number of hydrogen-bond donors (Lipinski definition) is 1. The van der Waals surface area contributed by atoms with Crippen LogP contribution in [0.5, 0.6) is 0 Å². The highest BCUT2D eigenvalue weighted by molar-refractivity contribution is 5.70. The Bertz CT molecular complexity index is 818. The number of carbonyl (C=O) groups is 3. The molecule has 0 aliphatic heterocycles. The molecule has 0 rings (SSSR count). The predicted octanol–water partition coefficient (Wildman–Crippen LogP) is 11.4. The molecule has 9 heteroatoms. The normalized spacial score (nSPS) is 11.5. The van der Waals surface area contributed by atoms with Gasteiger partial charge in [0.15, 0.2) is 0 Å². The molecule has 0 heterocycles. The predicted molar refractivity (Wildman–Crippen MR) is 233 cm³/mol. The molecular weight excluding hydrogens is 705 g/mol. The molecule has 0 aromatic rings. The smallest absolute Gasteiger partial charge is 0.307 e. The number of unbranched alkanes of at least 4 members (excludes halogenated alkanes) is 24. The molecule has 9 nitrogen and oxygen atoms in total. The fourth-order valence-electron chi connectivity index (χ4n) is 7.09. The summed E-state index contributed by atoms with van der Waals surface area (Å²) in [5, 5.41) is 9.68. The van der Waals surface area contributed by atoms with E-state index in [0.717, 1.165) is 44.9 Å². The van der Waals surface area contributed by atoms with E-state index in [-0.39, 0.29) is 37.4 Å². The molecule has 0 aliphatic rings. The van der Waals surface area contributed by atoms with Crippen molar-refractivity contribution in [1.29, 1.82) is 0 Å². The summed E-state index contributed by atoms with van der Waals surface area (Å²) < 4.78 is 16.6. The molecule has 0 radical (unpaired) electrons. The van der Waals surface area contributed by atoms with Gasteiger partial charge in [-0.05, 0) is 38.8 Å². The molecule has 332 valence electrons. The van der Waals surface area contributed by atoms with Crippen molar-refractivity contribution in [1.82, 2.24) is 9.80 Å². The van der Waals surface area contributed by atoms with Crippen LogP contribution in [-0.2, 0) is 28.6 Å². The van der Waals surface area contributed by atoms with Crippen molar-refractivity contribution in [2.24, 2.45) is 0 Å². The Morgan fingerprint density at radius 2 is 0.589 bits per heavy atom. The van der Waals surface area contributed by atoms with Crippen LogP contribution in [0.4, 0.5) is 0 Å². The van der Waals surface area contributed by atoms with Gasteiger partial charge in [0.25, 0.3) is 0 Å². The number of hydrogen-bond acceptors (Lipinski definition) is 9. The van der Waals surface area contributed by atoms with Gasteiger partial charge in [-0.25, -0.2) is 0 Å². The first kappa shape index (κ1) is 54.3. The van der Waals surface area contributed by atoms with Gasteiger partial charge in [0.1, 0.15) is 0 Å². The third kappa shape index (κ3) is 40.5. The SMILES string of the molecule is CCCCCCCCCCCOC(=O)CCN(CCO)CCCN(CCC(=O)OCCCCCCCCCCC)CCC(=O)OCCCCCCCCCCC. The van der Waals surface area contributed by atoms with Gasteiger partial charge < -0.3 is 29.1 Å². The van der Waals surface area contributed by atoms with E-state index in [1.54, 1.807) is 0 Å². The fraction of sp³-hybridized carbons (Fsp3) is 0.936. The largest absolute Gasteiger partial charge is 0.466 e. The Kier molecular flexibility index (Phi) is 43.0. The topological polar surface area (TPSA) is 106 Å². The van der Waals surface area contributed by atoms with Crippen LogP contribution in [0, 0.1) is 0 Å². The summed E-state index contributed by atoms with van der Waals surface area (Å²) in [6.45, 7) is 11.6. The second-order valence-corrected chi connectivity index (χ2v) is 16.2. The van der Waals surface area contributed by atoms with Gasteiger partial charge in [-0.2, -0.15) is 0 Å². The minimum Gasteiger partial charge on any atom is -0.466 e. The van der Waals surface area contributed by atoms with Gasteiger partial charge in [-0.15, -0.1) is 0 Å². The number of aliphatic hydroxyl groups excluding tert-OH is 1. The summed E-state index contributed by atoms with van der Waals surface area (Å²) in [6.07, 6.45) is 34.7. The second kappa shape index (κ2) is 44.4. The first-order valence-electron chi connectivity index (χ1n) is 24.0. The lowest BCUT2D eigenvalue weighted by Crippen LogP contribution is -2.35. The van der Waals surface area contributed by atoms with Crippen LogP contribution in [0.25, 0.3) is 0 Å². The molecular formula is C47H92N2O7. The Morgan fingerprint density at radius 3 is 0.857 bits per heavy atom. The Balaban J connectivity index is 4.58. The summed E-state index contributed by atoms with van der Waals surface area (Å²) in [4.78, 5) is 41.9. The Hall–Kier alpha value is -1.71. The van der Waals surface area contributed by atoms with E-state index in [0.29, 0.717) is 65.5 Å². The zero-order valence-corrected chi connectivity index (χ0v) is 37.3. The molecule has 0 aromatic heterocycles. The summed E-state index contributed by atoms with van der Waals surface area (Å²) in [5.41, 5.74) is 0. The molecule has 0 saturated carbocycles. The summed E-state index contributed by atoms with van der Waals surface area (Å²) in [5.74, 6) is -0.563. The standard InChI is InChI=1S/C47H92N2O7/c1-4-7-10-13-16-19-22-25-28-42-54-45(51)32-37-48(38-33-46(52)55-43-29-26-23-20-17-14-11-8-5-2)35-31-36-49(40-41-50)39-34-47(53)56-44-30-27-24-21-18-15-12-9-6-3/h50H,4-44H2,1-3H3. The lowest BCUT2D eigenvalue weighted by molar-refractivity contribution is -0.145. The summed E-state index contributed by atoms with van der Waals surface area (Å²) in [6, 6.07) is 0. The van der Waals surface area contributed by atoms with Gasteiger partial charge >= 0.3 is 17.9 Å². The average molecular weight is 797 g/mol. The van der Waals surface area contributed by atoms with Crippen molar-refractivity contribution in [3.05, 3.63) is 0 Å². The molecule has 1 N–H and O–H groups in total. The van der Waals surface area contributed by atoms with Crippen LogP contribution in [0.15, 0.2) is 0 Å². The highest BCUT2D eigenvalue weighted by atomic mass is 16.5. The van der Waals surface area contributed by atoms with Gasteiger partial charge in [0.2, 0.25) is 0 Å². The fourth-order valence-corrected chi connectivity index (χ4v) is 7.09. The zero-order chi connectivity index (χ0) is 41.0. The van der Waals surface area contributed by atoms with Gasteiger partial charge in [0.05, 0.1) is 45.7 Å². The second-order valence-electron chi connectivity index (χ2n) is 16.2. The van der Waals surface area contributed by atoms with Gasteiger partial charge in [-0.3, -0.25) is 14.4 Å². The molecule has 0 aliphatic carbocycles. The minimum atomic E-state index is -0.190. The highest BCUT2D eigenvalue weighted by Crippen LogP contribution is 2.12. The molecule has 0 saturated heterocycles. The molecule has 0 atom stereocenters. The summed E-state index contributed by atoms with van der Waals surface area (Å²) >= 11 is 0. The Labute approximate surface area is 346 Å². The first-order chi connectivity index (χ1) is 27.5. The van der Waals surface area contributed by atoms with Crippen LogP contribution in [0.3, 0.4) is 0 Å². The number of ether oxygens (including phenoxy) is 3. The number of nitrogens with zero attached hydrogens (tertiary/aromatic N) is 2. The molecule has 0 amide bonds. The van der Waals surface area contributed by atoms with Crippen molar-refractivity contribution >= 4 is 17.9 Å². The van der Waals surface area contributed by atoms with E-state index in [9.17, 15) is 19.5 Å². The maximum absolute atomic E-state index is 12.6. The highest BCUT2D eigenvalue weighted by Gasteiger charge is 2.15. The molecule has 56 heavy (non-hydrogen) atoms. The number of aliphatic hydroxyl groups is 1.